The van der Waals surface area contributed by atoms with E-state index in [4.69, 9.17) is 9.47 Å². The Labute approximate surface area is 166 Å². The maximum Gasteiger partial charge on any atom is 0.261 e. The van der Waals surface area contributed by atoms with E-state index < -0.39 is 0 Å². The fourth-order valence-corrected chi connectivity index (χ4v) is 3.35. The molecule has 0 aliphatic heterocycles. The lowest BCUT2D eigenvalue weighted by atomic mass is 10.2. The van der Waals surface area contributed by atoms with Crippen molar-refractivity contribution in [3.05, 3.63) is 59.3 Å². The number of methoxy groups -OCH3 is 2. The van der Waals surface area contributed by atoms with Gasteiger partial charge in [-0.05, 0) is 24.3 Å². The molecular weight excluding hydrogens is 372 g/mol. The number of hydrogen-bond acceptors (Lipinski definition) is 5. The normalized spacial score (nSPS) is 11.0. The zero-order valence-electron chi connectivity index (χ0n) is 16.3. The van der Waals surface area contributed by atoms with Crippen LogP contribution >= 0.6 is 0 Å². The molecule has 0 radical (unpaired) electrons. The van der Waals surface area contributed by atoms with Gasteiger partial charge < -0.3 is 19.4 Å². The zero-order chi connectivity index (χ0) is 20.5. The highest BCUT2D eigenvalue weighted by molar-refractivity contribution is 6.01. The number of anilines is 1. The van der Waals surface area contributed by atoms with E-state index in [-0.39, 0.29) is 18.0 Å². The lowest BCUT2D eigenvalue weighted by Gasteiger charge is -2.11. The molecule has 0 spiro atoms. The highest BCUT2D eigenvalue weighted by Gasteiger charge is 2.13. The lowest BCUT2D eigenvalue weighted by Crippen LogP contribution is -2.28. The summed E-state index contributed by atoms with van der Waals surface area (Å²) in [5, 5.41) is 4.16. The number of carbonyl (C=O) groups is 1. The SMILES string of the molecule is COc1cc2ncn(CC(=O)Nc3cccc4c3ccn4C)c(=O)c2cc1OC. The number of aromatic nitrogens is 3. The third kappa shape index (κ3) is 3.29. The largest absolute Gasteiger partial charge is 0.493 e. The molecule has 0 aliphatic rings. The third-order valence-electron chi connectivity index (χ3n) is 4.85. The number of nitrogens with zero attached hydrogens (tertiary/aromatic N) is 3. The summed E-state index contributed by atoms with van der Waals surface area (Å²) >= 11 is 0. The van der Waals surface area contributed by atoms with Crippen molar-refractivity contribution in [3.8, 4) is 11.5 Å². The smallest absolute Gasteiger partial charge is 0.261 e. The summed E-state index contributed by atoms with van der Waals surface area (Å²) in [6.45, 7) is -0.153. The topological polar surface area (TPSA) is 87.4 Å². The quantitative estimate of drug-likeness (QED) is 0.564. The molecular formula is C21H20N4O4. The van der Waals surface area contributed by atoms with Crippen LogP contribution < -0.4 is 20.3 Å². The van der Waals surface area contributed by atoms with Crippen molar-refractivity contribution >= 4 is 33.4 Å². The van der Waals surface area contributed by atoms with E-state index in [1.807, 2.05) is 42.1 Å². The molecule has 1 amide bonds. The highest BCUT2D eigenvalue weighted by Crippen LogP contribution is 2.29. The number of fused-ring (bicyclic) bond motifs is 2. The molecule has 0 unspecified atom stereocenters. The minimum absolute atomic E-state index is 0.153. The summed E-state index contributed by atoms with van der Waals surface area (Å²) in [6, 6.07) is 10.8. The number of aryl methyl sites for hydroxylation is 1. The van der Waals surface area contributed by atoms with E-state index in [9.17, 15) is 9.59 Å². The maximum absolute atomic E-state index is 12.8. The molecule has 8 nitrogen and oxygen atoms in total. The van der Waals surface area contributed by atoms with Gasteiger partial charge in [0, 0.05) is 30.2 Å². The molecule has 4 aromatic rings. The average Bonchev–Trinajstić information content (AvgIpc) is 3.11. The van der Waals surface area contributed by atoms with Gasteiger partial charge >= 0.3 is 0 Å². The third-order valence-corrected chi connectivity index (χ3v) is 4.85. The summed E-state index contributed by atoms with van der Waals surface area (Å²) in [7, 11) is 4.95. The monoisotopic (exact) mass is 392 g/mol. The van der Waals surface area contributed by atoms with Gasteiger partial charge in [0.05, 0.1) is 37.1 Å². The van der Waals surface area contributed by atoms with Crippen LogP contribution in [-0.2, 0) is 18.4 Å². The Bertz CT molecular complexity index is 1290. The van der Waals surface area contributed by atoms with Gasteiger partial charge in [0.25, 0.3) is 5.56 Å². The summed E-state index contributed by atoms with van der Waals surface area (Å²) in [5.41, 5.74) is 1.84. The van der Waals surface area contributed by atoms with Crippen molar-refractivity contribution in [2.24, 2.45) is 7.05 Å². The van der Waals surface area contributed by atoms with E-state index in [1.54, 1.807) is 12.1 Å². The Hall–Kier alpha value is -3.81. The first-order chi connectivity index (χ1) is 14.0. The number of benzene rings is 2. The van der Waals surface area contributed by atoms with Crippen molar-refractivity contribution in [2.75, 3.05) is 19.5 Å². The molecule has 0 atom stereocenters. The zero-order valence-corrected chi connectivity index (χ0v) is 16.3. The van der Waals surface area contributed by atoms with Gasteiger partial charge in [-0.1, -0.05) is 6.07 Å². The number of amides is 1. The van der Waals surface area contributed by atoms with Gasteiger partial charge in [0.1, 0.15) is 6.54 Å². The van der Waals surface area contributed by atoms with E-state index >= 15 is 0 Å². The first-order valence-electron chi connectivity index (χ1n) is 8.97. The van der Waals surface area contributed by atoms with Crippen LogP contribution in [0.25, 0.3) is 21.8 Å². The molecule has 2 aromatic heterocycles. The predicted molar refractivity (Wildman–Crippen MR) is 111 cm³/mol. The van der Waals surface area contributed by atoms with E-state index in [0.717, 1.165) is 10.9 Å². The first-order valence-corrected chi connectivity index (χ1v) is 8.97. The number of ether oxygens (including phenoxy) is 2. The molecule has 2 heterocycles. The highest BCUT2D eigenvalue weighted by atomic mass is 16.5. The molecule has 0 aliphatic carbocycles. The van der Waals surface area contributed by atoms with Gasteiger partial charge in [0.15, 0.2) is 11.5 Å². The van der Waals surface area contributed by atoms with Crippen LogP contribution in [0.3, 0.4) is 0 Å². The second-order valence-corrected chi connectivity index (χ2v) is 6.62. The van der Waals surface area contributed by atoms with E-state index in [1.165, 1.54) is 25.1 Å². The van der Waals surface area contributed by atoms with Crippen molar-refractivity contribution in [1.29, 1.82) is 0 Å². The minimum Gasteiger partial charge on any atom is -0.493 e. The molecule has 0 bridgehead atoms. The van der Waals surface area contributed by atoms with Crippen LogP contribution in [0.2, 0.25) is 0 Å². The fourth-order valence-electron chi connectivity index (χ4n) is 3.35. The molecule has 8 heteroatoms. The van der Waals surface area contributed by atoms with Gasteiger partial charge in [-0.3, -0.25) is 14.2 Å². The van der Waals surface area contributed by atoms with Gasteiger partial charge in [-0.15, -0.1) is 0 Å². The summed E-state index contributed by atoms with van der Waals surface area (Å²) in [5.74, 6) is 0.597. The van der Waals surface area contributed by atoms with Crippen LogP contribution in [0.1, 0.15) is 0 Å². The second-order valence-electron chi connectivity index (χ2n) is 6.62. The molecule has 2 aromatic carbocycles. The van der Waals surface area contributed by atoms with Crippen LogP contribution in [-0.4, -0.2) is 34.2 Å². The van der Waals surface area contributed by atoms with Crippen LogP contribution in [0.5, 0.6) is 11.5 Å². The molecule has 0 saturated carbocycles. The number of carbonyl (C=O) groups excluding carboxylic acids is 1. The standard InChI is InChI=1S/C21H20N4O4/c1-24-8-7-13-15(5-4-6-17(13)24)23-20(26)11-25-12-22-16-10-19(29-3)18(28-2)9-14(16)21(25)27/h4-10,12H,11H2,1-3H3,(H,23,26). The van der Waals surface area contributed by atoms with Gasteiger partial charge in [0.2, 0.25) is 5.91 Å². The van der Waals surface area contributed by atoms with E-state index in [0.29, 0.717) is 28.1 Å². The van der Waals surface area contributed by atoms with Crippen LogP contribution in [0.15, 0.2) is 53.7 Å². The Morgan fingerprint density at radius 3 is 2.62 bits per heavy atom. The molecule has 1 N–H and O–H groups in total. The van der Waals surface area contributed by atoms with Crippen molar-refractivity contribution < 1.29 is 14.3 Å². The number of hydrogen-bond donors (Lipinski definition) is 1. The average molecular weight is 392 g/mol. The molecule has 0 saturated heterocycles. The summed E-state index contributed by atoms with van der Waals surface area (Å²) < 4.78 is 13.8. The predicted octanol–water partition coefficient (Wildman–Crippen LogP) is 2.54. The fraction of sp³-hybridized carbons (Fsp3) is 0.190. The first kappa shape index (κ1) is 18.5. The molecule has 0 fully saturated rings. The molecule has 148 valence electrons. The Morgan fingerprint density at radius 1 is 1.10 bits per heavy atom. The van der Waals surface area contributed by atoms with Crippen molar-refractivity contribution in [1.82, 2.24) is 14.1 Å². The molecule has 29 heavy (non-hydrogen) atoms. The maximum atomic E-state index is 12.8. The van der Waals surface area contributed by atoms with Gasteiger partial charge in [-0.25, -0.2) is 4.98 Å². The van der Waals surface area contributed by atoms with Gasteiger partial charge in [-0.2, -0.15) is 0 Å². The van der Waals surface area contributed by atoms with E-state index in [2.05, 4.69) is 10.3 Å². The number of rotatable bonds is 5. The Kier molecular flexibility index (Phi) is 4.67. The lowest BCUT2D eigenvalue weighted by molar-refractivity contribution is -0.116. The Balaban J connectivity index is 1.64. The van der Waals surface area contributed by atoms with Crippen molar-refractivity contribution in [3.63, 3.8) is 0 Å². The summed E-state index contributed by atoms with van der Waals surface area (Å²) in [4.78, 5) is 29.7. The van der Waals surface area contributed by atoms with Crippen LogP contribution in [0.4, 0.5) is 5.69 Å². The number of nitrogens with one attached hydrogen (secondary N) is 1. The van der Waals surface area contributed by atoms with Crippen LogP contribution in [0, 0.1) is 0 Å². The second kappa shape index (κ2) is 7.31. The van der Waals surface area contributed by atoms with Crippen molar-refractivity contribution in [2.45, 2.75) is 6.54 Å². The summed E-state index contributed by atoms with van der Waals surface area (Å²) in [6.07, 6.45) is 3.29. The molecule has 4 rings (SSSR count). The minimum atomic E-state index is -0.330. The Morgan fingerprint density at radius 2 is 1.86 bits per heavy atom.